The summed E-state index contributed by atoms with van der Waals surface area (Å²) < 4.78 is 10.8. The average molecular weight is 543 g/mol. The predicted octanol–water partition coefficient (Wildman–Crippen LogP) is 6.30. The number of ether oxygens (including phenoxy) is 2. The van der Waals surface area contributed by atoms with Crippen molar-refractivity contribution in [2.45, 2.75) is 90.4 Å². The summed E-state index contributed by atoms with van der Waals surface area (Å²) >= 11 is 0. The Balaban J connectivity index is 1.88. The fourth-order valence-electron chi connectivity index (χ4n) is 5.24. The van der Waals surface area contributed by atoms with Crippen LogP contribution in [0.4, 0.5) is 0 Å². The average Bonchev–Trinajstić information content (AvgIpc) is 2.95. The Morgan fingerprint density at radius 3 is 2.10 bits per heavy atom. The normalized spacial score (nSPS) is 18.0. The fraction of sp³-hybridized carbons (Fsp3) is 0.636. The van der Waals surface area contributed by atoms with Crippen LogP contribution in [0.2, 0.25) is 0 Å². The van der Waals surface area contributed by atoms with Gasteiger partial charge in [-0.2, -0.15) is 0 Å². The molecule has 39 heavy (non-hydrogen) atoms. The Kier molecular flexibility index (Phi) is 15.1. The molecule has 0 aromatic heterocycles. The lowest BCUT2D eigenvalue weighted by Gasteiger charge is -2.29. The minimum absolute atomic E-state index is 0.0871. The number of aliphatic hydroxyl groups excluding tert-OH is 2. The van der Waals surface area contributed by atoms with Gasteiger partial charge in [0.2, 0.25) is 0 Å². The van der Waals surface area contributed by atoms with E-state index in [1.807, 2.05) is 0 Å². The zero-order valence-corrected chi connectivity index (χ0v) is 24.2. The van der Waals surface area contributed by atoms with Crippen molar-refractivity contribution in [3.63, 3.8) is 0 Å². The lowest BCUT2D eigenvalue weighted by atomic mass is 9.77. The number of unbranched alkanes of at least 4 members (excludes halogenated alkanes) is 2. The van der Waals surface area contributed by atoms with Crippen molar-refractivity contribution in [1.29, 1.82) is 0 Å². The van der Waals surface area contributed by atoms with Gasteiger partial charge in [0, 0.05) is 36.2 Å². The summed E-state index contributed by atoms with van der Waals surface area (Å²) in [6.45, 7) is 11.0. The van der Waals surface area contributed by atoms with Gasteiger partial charge in [-0.05, 0) is 74.8 Å². The third kappa shape index (κ3) is 12.1. The van der Waals surface area contributed by atoms with E-state index in [4.69, 9.17) is 9.47 Å². The highest BCUT2D eigenvalue weighted by molar-refractivity contribution is 5.88. The van der Waals surface area contributed by atoms with Crippen LogP contribution in [-0.2, 0) is 25.5 Å². The van der Waals surface area contributed by atoms with E-state index in [-0.39, 0.29) is 44.3 Å². The number of carbonyl (C=O) groups is 2. The highest BCUT2D eigenvalue weighted by Gasteiger charge is 2.22. The molecule has 0 heterocycles. The minimum atomic E-state index is -0.567. The van der Waals surface area contributed by atoms with E-state index in [0.717, 1.165) is 12.3 Å². The number of benzene rings is 1. The van der Waals surface area contributed by atoms with Crippen LogP contribution in [0.1, 0.15) is 95.1 Å². The van der Waals surface area contributed by atoms with Crippen LogP contribution in [0.25, 0.3) is 0 Å². The first-order valence-electron chi connectivity index (χ1n) is 14.7. The van der Waals surface area contributed by atoms with Crippen molar-refractivity contribution in [3.05, 3.63) is 59.7 Å². The summed E-state index contributed by atoms with van der Waals surface area (Å²) in [6.07, 6.45) is 12.3. The van der Waals surface area contributed by atoms with Crippen molar-refractivity contribution in [2.75, 3.05) is 26.4 Å². The van der Waals surface area contributed by atoms with E-state index < -0.39 is 17.9 Å². The summed E-state index contributed by atoms with van der Waals surface area (Å²) in [4.78, 5) is 24.3. The minimum Gasteiger partial charge on any atom is -0.462 e. The van der Waals surface area contributed by atoms with Gasteiger partial charge in [0.15, 0.2) is 0 Å². The SMILES string of the molecule is C=C(C)C(=O)OCC(CCc1ccc(C2CCC(CCCCC)CC2)cc1)COC(=O)C(=C)CC(CO)CO. The molecule has 0 radical (unpaired) electrons. The van der Waals surface area contributed by atoms with Crippen molar-refractivity contribution in [3.8, 4) is 0 Å². The molecule has 1 aliphatic rings. The molecule has 1 atom stereocenters. The van der Waals surface area contributed by atoms with Gasteiger partial charge in [-0.15, -0.1) is 0 Å². The van der Waals surface area contributed by atoms with Crippen molar-refractivity contribution < 1.29 is 29.3 Å². The van der Waals surface area contributed by atoms with Gasteiger partial charge in [0.05, 0.1) is 13.2 Å². The Labute approximate surface area is 235 Å². The van der Waals surface area contributed by atoms with Gasteiger partial charge in [-0.3, -0.25) is 0 Å². The molecule has 1 saturated carbocycles. The molecule has 6 heteroatoms. The van der Waals surface area contributed by atoms with Crippen molar-refractivity contribution in [2.24, 2.45) is 17.8 Å². The molecule has 218 valence electrons. The number of hydrogen-bond donors (Lipinski definition) is 2. The monoisotopic (exact) mass is 542 g/mol. The first-order chi connectivity index (χ1) is 18.8. The zero-order chi connectivity index (χ0) is 28.6. The Morgan fingerprint density at radius 1 is 0.923 bits per heavy atom. The quantitative estimate of drug-likeness (QED) is 0.128. The van der Waals surface area contributed by atoms with E-state index in [0.29, 0.717) is 17.9 Å². The molecule has 6 nitrogen and oxygen atoms in total. The highest BCUT2D eigenvalue weighted by atomic mass is 16.5. The highest BCUT2D eigenvalue weighted by Crippen LogP contribution is 2.37. The molecule has 1 aromatic rings. The third-order valence-electron chi connectivity index (χ3n) is 7.94. The van der Waals surface area contributed by atoms with Crippen LogP contribution in [-0.4, -0.2) is 48.6 Å². The van der Waals surface area contributed by atoms with Crippen LogP contribution in [0.5, 0.6) is 0 Å². The summed E-state index contributed by atoms with van der Waals surface area (Å²) in [5, 5.41) is 18.5. The number of aryl methyl sites for hydroxylation is 1. The van der Waals surface area contributed by atoms with E-state index in [1.54, 1.807) is 6.92 Å². The lowest BCUT2D eigenvalue weighted by molar-refractivity contribution is -0.144. The molecular formula is C33H50O6. The maximum Gasteiger partial charge on any atom is 0.333 e. The number of hydrogen-bond acceptors (Lipinski definition) is 6. The Bertz CT molecular complexity index is 893. The van der Waals surface area contributed by atoms with E-state index in [9.17, 15) is 19.8 Å². The van der Waals surface area contributed by atoms with Crippen molar-refractivity contribution in [1.82, 2.24) is 0 Å². The summed E-state index contributed by atoms with van der Waals surface area (Å²) in [5.41, 5.74) is 3.15. The molecular weight excluding hydrogens is 492 g/mol. The smallest absolute Gasteiger partial charge is 0.333 e. The molecule has 0 amide bonds. The topological polar surface area (TPSA) is 93.1 Å². The fourth-order valence-corrected chi connectivity index (χ4v) is 5.24. The van der Waals surface area contributed by atoms with Crippen LogP contribution in [0, 0.1) is 17.8 Å². The Morgan fingerprint density at radius 2 is 1.54 bits per heavy atom. The molecule has 1 unspecified atom stereocenters. The molecule has 1 aliphatic carbocycles. The number of carbonyl (C=O) groups excluding carboxylic acids is 2. The second kappa shape index (κ2) is 18.0. The number of aliphatic hydroxyl groups is 2. The van der Waals surface area contributed by atoms with Gasteiger partial charge in [0.1, 0.15) is 0 Å². The maximum absolute atomic E-state index is 12.4. The molecule has 2 N–H and O–H groups in total. The maximum atomic E-state index is 12.4. The van der Waals surface area contributed by atoms with E-state index in [1.165, 1.54) is 62.5 Å². The molecule has 2 rings (SSSR count). The summed E-state index contributed by atoms with van der Waals surface area (Å²) in [5.74, 6) is -0.101. The Hall–Kier alpha value is -2.44. The summed E-state index contributed by atoms with van der Waals surface area (Å²) in [6, 6.07) is 8.90. The molecule has 0 spiro atoms. The zero-order valence-electron chi connectivity index (χ0n) is 24.2. The third-order valence-corrected chi connectivity index (χ3v) is 7.94. The first kappa shape index (κ1) is 32.8. The molecule has 0 bridgehead atoms. The molecule has 0 saturated heterocycles. The summed E-state index contributed by atoms with van der Waals surface area (Å²) in [7, 11) is 0. The standard InChI is InChI=1S/C33H50O6/c1-5-6-7-8-26-11-15-30(16-12-26)31-17-13-27(14-18-31)9-10-28(22-38-32(36)24(2)3)23-39-33(37)25(4)19-29(20-34)21-35/h13-14,17-18,26,28-30,34-35H,2,4-12,15-16,19-23H2,1,3H3. The van der Waals surface area contributed by atoms with Gasteiger partial charge in [-0.25, -0.2) is 9.59 Å². The van der Waals surface area contributed by atoms with Crippen molar-refractivity contribution >= 4 is 11.9 Å². The number of esters is 2. The van der Waals surface area contributed by atoms with Gasteiger partial charge >= 0.3 is 11.9 Å². The molecule has 1 aromatic carbocycles. The van der Waals surface area contributed by atoms with Gasteiger partial charge in [-0.1, -0.05) is 70.0 Å². The first-order valence-corrected chi connectivity index (χ1v) is 14.7. The largest absolute Gasteiger partial charge is 0.462 e. The van der Waals surface area contributed by atoms with Crippen LogP contribution >= 0.6 is 0 Å². The van der Waals surface area contributed by atoms with E-state index in [2.05, 4.69) is 44.3 Å². The molecule has 1 fully saturated rings. The lowest BCUT2D eigenvalue weighted by Crippen LogP contribution is -2.23. The van der Waals surface area contributed by atoms with Crippen LogP contribution < -0.4 is 0 Å². The number of rotatable bonds is 18. The van der Waals surface area contributed by atoms with Gasteiger partial charge < -0.3 is 19.7 Å². The van der Waals surface area contributed by atoms with Crippen LogP contribution in [0.3, 0.4) is 0 Å². The van der Waals surface area contributed by atoms with Crippen LogP contribution in [0.15, 0.2) is 48.6 Å². The van der Waals surface area contributed by atoms with E-state index >= 15 is 0 Å². The molecule has 0 aliphatic heterocycles. The predicted molar refractivity (Wildman–Crippen MR) is 155 cm³/mol. The van der Waals surface area contributed by atoms with Gasteiger partial charge in [0.25, 0.3) is 0 Å². The second-order valence-electron chi connectivity index (χ2n) is 11.4. The second-order valence-corrected chi connectivity index (χ2v) is 11.4.